The standard InChI is InChI=1S/C16H17N5O/c1-11-9-14(20(3)18-11)16(22)17-15-10-12(2)19-21(15)13-7-5-4-6-8-13/h4-10H,1-3H3,(H,17,22). The maximum Gasteiger partial charge on any atom is 0.275 e. The topological polar surface area (TPSA) is 64.7 Å². The van der Waals surface area contributed by atoms with E-state index >= 15 is 0 Å². The first-order chi connectivity index (χ1) is 10.5. The highest BCUT2D eigenvalue weighted by molar-refractivity contribution is 6.02. The maximum atomic E-state index is 12.4. The SMILES string of the molecule is Cc1cc(C(=O)Nc2cc(C)nn2-c2ccccc2)n(C)n1. The van der Waals surface area contributed by atoms with Crippen molar-refractivity contribution in [2.75, 3.05) is 5.32 Å². The summed E-state index contributed by atoms with van der Waals surface area (Å²) in [6.45, 7) is 3.75. The van der Waals surface area contributed by atoms with E-state index in [1.165, 1.54) is 0 Å². The van der Waals surface area contributed by atoms with Gasteiger partial charge >= 0.3 is 0 Å². The van der Waals surface area contributed by atoms with Gasteiger partial charge in [-0.1, -0.05) is 18.2 Å². The van der Waals surface area contributed by atoms with Crippen LogP contribution in [-0.4, -0.2) is 25.5 Å². The lowest BCUT2D eigenvalue weighted by molar-refractivity contribution is 0.101. The van der Waals surface area contributed by atoms with Crippen molar-refractivity contribution in [3.05, 3.63) is 59.5 Å². The monoisotopic (exact) mass is 295 g/mol. The number of rotatable bonds is 3. The Morgan fingerprint density at radius 1 is 1.05 bits per heavy atom. The third-order valence-corrected chi connectivity index (χ3v) is 3.31. The lowest BCUT2D eigenvalue weighted by Gasteiger charge is -2.08. The Labute approximate surface area is 128 Å². The van der Waals surface area contributed by atoms with Gasteiger partial charge in [-0.3, -0.25) is 9.48 Å². The minimum atomic E-state index is -0.208. The van der Waals surface area contributed by atoms with Crippen LogP contribution in [0.15, 0.2) is 42.5 Å². The quantitative estimate of drug-likeness (QED) is 0.807. The molecule has 22 heavy (non-hydrogen) atoms. The van der Waals surface area contributed by atoms with E-state index in [0.29, 0.717) is 11.5 Å². The first-order valence-corrected chi connectivity index (χ1v) is 6.98. The Balaban J connectivity index is 1.93. The van der Waals surface area contributed by atoms with E-state index in [1.54, 1.807) is 22.5 Å². The molecule has 0 aliphatic rings. The van der Waals surface area contributed by atoms with E-state index in [4.69, 9.17) is 0 Å². The number of hydrogen-bond acceptors (Lipinski definition) is 3. The number of anilines is 1. The van der Waals surface area contributed by atoms with Crippen LogP contribution in [0.5, 0.6) is 0 Å². The number of amides is 1. The highest BCUT2D eigenvalue weighted by Gasteiger charge is 2.15. The van der Waals surface area contributed by atoms with Crippen molar-refractivity contribution >= 4 is 11.7 Å². The van der Waals surface area contributed by atoms with Crippen LogP contribution in [0, 0.1) is 13.8 Å². The minimum Gasteiger partial charge on any atom is -0.305 e. The van der Waals surface area contributed by atoms with Gasteiger partial charge in [-0.15, -0.1) is 0 Å². The molecule has 0 radical (unpaired) electrons. The lowest BCUT2D eigenvalue weighted by Crippen LogP contribution is -2.18. The van der Waals surface area contributed by atoms with Crippen LogP contribution in [-0.2, 0) is 7.05 Å². The summed E-state index contributed by atoms with van der Waals surface area (Å²) in [5.74, 6) is 0.424. The van der Waals surface area contributed by atoms with E-state index in [1.807, 2.05) is 50.2 Å². The zero-order valence-corrected chi connectivity index (χ0v) is 12.7. The first kappa shape index (κ1) is 14.1. The fourth-order valence-electron chi connectivity index (χ4n) is 2.36. The number of para-hydroxylation sites is 1. The van der Waals surface area contributed by atoms with Gasteiger partial charge in [0.15, 0.2) is 0 Å². The summed E-state index contributed by atoms with van der Waals surface area (Å²) in [7, 11) is 1.75. The summed E-state index contributed by atoms with van der Waals surface area (Å²) >= 11 is 0. The molecule has 0 spiro atoms. The van der Waals surface area contributed by atoms with Crippen molar-refractivity contribution in [3.63, 3.8) is 0 Å². The molecule has 2 aromatic heterocycles. The van der Waals surface area contributed by atoms with E-state index in [2.05, 4.69) is 15.5 Å². The Kier molecular flexibility index (Phi) is 3.50. The summed E-state index contributed by atoms with van der Waals surface area (Å²) in [6.07, 6.45) is 0. The van der Waals surface area contributed by atoms with Gasteiger partial charge in [0.25, 0.3) is 5.91 Å². The van der Waals surface area contributed by atoms with Gasteiger partial charge in [0.05, 0.1) is 17.1 Å². The molecule has 0 aliphatic carbocycles. The third kappa shape index (κ3) is 2.63. The van der Waals surface area contributed by atoms with E-state index in [9.17, 15) is 4.79 Å². The molecule has 6 nitrogen and oxygen atoms in total. The fraction of sp³-hybridized carbons (Fsp3) is 0.188. The highest BCUT2D eigenvalue weighted by Crippen LogP contribution is 2.17. The summed E-state index contributed by atoms with van der Waals surface area (Å²) in [4.78, 5) is 12.4. The molecule has 3 rings (SSSR count). The van der Waals surface area contributed by atoms with Gasteiger partial charge in [-0.2, -0.15) is 10.2 Å². The fourth-order valence-corrected chi connectivity index (χ4v) is 2.36. The van der Waals surface area contributed by atoms with Gasteiger partial charge in [0, 0.05) is 13.1 Å². The normalized spacial score (nSPS) is 10.7. The first-order valence-electron chi connectivity index (χ1n) is 6.98. The molecule has 3 aromatic rings. The molecular formula is C16H17N5O. The Morgan fingerprint density at radius 2 is 1.73 bits per heavy atom. The molecule has 6 heteroatoms. The number of nitrogens with one attached hydrogen (secondary N) is 1. The van der Waals surface area contributed by atoms with Crippen molar-refractivity contribution in [1.29, 1.82) is 0 Å². The molecule has 112 valence electrons. The maximum absolute atomic E-state index is 12.4. The molecule has 0 saturated carbocycles. The van der Waals surface area contributed by atoms with Crippen molar-refractivity contribution in [1.82, 2.24) is 19.6 Å². The van der Waals surface area contributed by atoms with Crippen LogP contribution in [0.25, 0.3) is 5.69 Å². The highest BCUT2D eigenvalue weighted by atomic mass is 16.2. The summed E-state index contributed by atoms with van der Waals surface area (Å²) < 4.78 is 3.29. The van der Waals surface area contributed by atoms with Gasteiger partial charge in [-0.05, 0) is 32.0 Å². The van der Waals surface area contributed by atoms with E-state index < -0.39 is 0 Å². The van der Waals surface area contributed by atoms with E-state index in [0.717, 1.165) is 17.1 Å². The number of carbonyl (C=O) groups excluding carboxylic acids is 1. The Morgan fingerprint density at radius 3 is 2.36 bits per heavy atom. The molecule has 1 amide bonds. The second kappa shape index (κ2) is 5.48. The van der Waals surface area contributed by atoms with Crippen LogP contribution in [0.3, 0.4) is 0 Å². The molecule has 0 fully saturated rings. The number of aryl methyl sites for hydroxylation is 3. The number of carbonyl (C=O) groups is 1. The second-order valence-electron chi connectivity index (χ2n) is 5.17. The molecule has 0 unspecified atom stereocenters. The molecular weight excluding hydrogens is 278 g/mol. The molecule has 2 heterocycles. The van der Waals surface area contributed by atoms with E-state index in [-0.39, 0.29) is 5.91 Å². The largest absolute Gasteiger partial charge is 0.305 e. The molecule has 1 aromatic carbocycles. The number of aromatic nitrogens is 4. The Hall–Kier alpha value is -2.89. The minimum absolute atomic E-state index is 0.208. The molecule has 1 N–H and O–H groups in total. The number of benzene rings is 1. The zero-order valence-electron chi connectivity index (χ0n) is 12.7. The van der Waals surface area contributed by atoms with Crippen LogP contribution >= 0.6 is 0 Å². The van der Waals surface area contributed by atoms with Gasteiger partial charge in [0.2, 0.25) is 0 Å². The predicted octanol–water partition coefficient (Wildman–Crippen LogP) is 2.47. The lowest BCUT2D eigenvalue weighted by atomic mass is 10.3. The van der Waals surface area contributed by atoms with Crippen LogP contribution in [0.4, 0.5) is 5.82 Å². The molecule has 0 saturated heterocycles. The summed E-state index contributed by atoms with van der Waals surface area (Å²) in [5.41, 5.74) is 3.05. The Bertz CT molecular complexity index is 816. The number of nitrogens with zero attached hydrogens (tertiary/aromatic N) is 4. The van der Waals surface area contributed by atoms with Crippen molar-refractivity contribution in [2.45, 2.75) is 13.8 Å². The summed E-state index contributed by atoms with van der Waals surface area (Å²) in [6, 6.07) is 13.3. The van der Waals surface area contributed by atoms with Crippen LogP contribution < -0.4 is 5.32 Å². The molecule has 0 bridgehead atoms. The molecule has 0 aliphatic heterocycles. The van der Waals surface area contributed by atoms with Gasteiger partial charge in [0.1, 0.15) is 11.5 Å². The average Bonchev–Trinajstić information content (AvgIpc) is 3.02. The van der Waals surface area contributed by atoms with Crippen LogP contribution in [0.2, 0.25) is 0 Å². The van der Waals surface area contributed by atoms with Crippen molar-refractivity contribution < 1.29 is 4.79 Å². The van der Waals surface area contributed by atoms with Crippen molar-refractivity contribution in [2.24, 2.45) is 7.05 Å². The third-order valence-electron chi connectivity index (χ3n) is 3.31. The summed E-state index contributed by atoms with van der Waals surface area (Å²) in [5, 5.41) is 11.5. The van der Waals surface area contributed by atoms with Gasteiger partial charge < -0.3 is 5.32 Å². The smallest absolute Gasteiger partial charge is 0.275 e. The van der Waals surface area contributed by atoms with Gasteiger partial charge in [-0.25, -0.2) is 4.68 Å². The number of hydrogen-bond donors (Lipinski definition) is 1. The van der Waals surface area contributed by atoms with Crippen molar-refractivity contribution in [3.8, 4) is 5.69 Å². The van der Waals surface area contributed by atoms with Crippen LogP contribution in [0.1, 0.15) is 21.9 Å². The molecule has 0 atom stereocenters. The second-order valence-corrected chi connectivity index (χ2v) is 5.17. The average molecular weight is 295 g/mol. The zero-order chi connectivity index (χ0) is 15.7. The predicted molar refractivity (Wildman–Crippen MR) is 84.2 cm³/mol.